The average Bonchev–Trinajstić information content (AvgIpc) is 3.22. The lowest BCUT2D eigenvalue weighted by molar-refractivity contribution is 0.523. The number of aryl methyl sites for hydroxylation is 1. The molecular formula is C16H12FN5O2S. The second-order valence-electron chi connectivity index (χ2n) is 5.31. The van der Waals surface area contributed by atoms with E-state index in [1.54, 1.807) is 25.3 Å². The number of hydrogen-bond acceptors (Lipinski definition) is 6. The number of oxazole rings is 1. The Morgan fingerprint density at radius 3 is 2.84 bits per heavy atom. The van der Waals surface area contributed by atoms with Gasteiger partial charge in [0.15, 0.2) is 17.2 Å². The van der Waals surface area contributed by atoms with Crippen LogP contribution in [-0.4, -0.2) is 24.6 Å². The zero-order valence-corrected chi connectivity index (χ0v) is 13.9. The lowest BCUT2D eigenvalue weighted by atomic mass is 10.1. The van der Waals surface area contributed by atoms with Gasteiger partial charge in [0.2, 0.25) is 0 Å². The number of halogens is 1. The predicted molar refractivity (Wildman–Crippen MR) is 89.8 cm³/mol. The summed E-state index contributed by atoms with van der Waals surface area (Å²) in [6.07, 6.45) is 2.96. The number of H-pyrrole nitrogens is 1. The summed E-state index contributed by atoms with van der Waals surface area (Å²) in [4.78, 5) is 23.4. The summed E-state index contributed by atoms with van der Waals surface area (Å²) in [6.45, 7) is 1.79. The highest BCUT2D eigenvalue weighted by molar-refractivity contribution is 7.98. The molecule has 126 valence electrons. The molecule has 0 unspecified atom stereocenters. The van der Waals surface area contributed by atoms with Crippen LogP contribution in [0.5, 0.6) is 0 Å². The van der Waals surface area contributed by atoms with Crippen molar-refractivity contribution in [1.82, 2.24) is 24.6 Å². The van der Waals surface area contributed by atoms with Gasteiger partial charge in [-0.05, 0) is 24.6 Å². The number of hydrogen-bond donors (Lipinski definition) is 1. The maximum Gasteiger partial charge on any atom is 0.350 e. The zero-order valence-electron chi connectivity index (χ0n) is 13.1. The van der Waals surface area contributed by atoms with Crippen LogP contribution < -0.4 is 5.69 Å². The fourth-order valence-corrected chi connectivity index (χ4v) is 3.24. The van der Waals surface area contributed by atoms with E-state index in [4.69, 9.17) is 4.42 Å². The van der Waals surface area contributed by atoms with Gasteiger partial charge < -0.3 is 4.42 Å². The van der Waals surface area contributed by atoms with E-state index in [9.17, 15) is 9.18 Å². The van der Waals surface area contributed by atoms with Gasteiger partial charge in [-0.1, -0.05) is 23.9 Å². The van der Waals surface area contributed by atoms with Crippen molar-refractivity contribution < 1.29 is 8.81 Å². The molecule has 0 radical (unpaired) electrons. The first-order valence-corrected chi connectivity index (χ1v) is 8.36. The molecule has 4 aromatic rings. The SMILES string of the molecule is Cc1nn2c(=O)[nH]c(SCc3cnco3)nc2c1-c1ccc(F)cc1. The minimum atomic E-state index is -0.387. The number of thioether (sulfide) groups is 1. The Balaban J connectivity index is 1.79. The summed E-state index contributed by atoms with van der Waals surface area (Å²) >= 11 is 1.32. The van der Waals surface area contributed by atoms with Crippen molar-refractivity contribution >= 4 is 17.4 Å². The number of fused-ring (bicyclic) bond motifs is 1. The van der Waals surface area contributed by atoms with E-state index in [0.717, 1.165) is 5.56 Å². The fourth-order valence-electron chi connectivity index (χ4n) is 2.50. The first kappa shape index (κ1) is 15.6. The molecule has 0 fully saturated rings. The maximum atomic E-state index is 13.2. The molecule has 25 heavy (non-hydrogen) atoms. The van der Waals surface area contributed by atoms with E-state index < -0.39 is 0 Å². The van der Waals surface area contributed by atoms with Gasteiger partial charge in [-0.25, -0.2) is 19.2 Å². The fraction of sp³-hybridized carbons (Fsp3) is 0.125. The van der Waals surface area contributed by atoms with Crippen LogP contribution in [0, 0.1) is 12.7 Å². The Hall–Kier alpha value is -2.94. The third kappa shape index (κ3) is 2.93. The van der Waals surface area contributed by atoms with Crippen molar-refractivity contribution in [2.45, 2.75) is 17.8 Å². The normalized spacial score (nSPS) is 11.3. The number of nitrogens with one attached hydrogen (secondary N) is 1. The van der Waals surface area contributed by atoms with Gasteiger partial charge in [0.25, 0.3) is 0 Å². The lowest BCUT2D eigenvalue weighted by Gasteiger charge is -2.02. The van der Waals surface area contributed by atoms with Crippen molar-refractivity contribution in [3.05, 3.63) is 64.6 Å². The van der Waals surface area contributed by atoms with Crippen LogP contribution in [-0.2, 0) is 5.75 Å². The van der Waals surface area contributed by atoms with Gasteiger partial charge in [0.1, 0.15) is 11.6 Å². The van der Waals surface area contributed by atoms with Crippen molar-refractivity contribution in [2.75, 3.05) is 0 Å². The minimum Gasteiger partial charge on any atom is -0.448 e. The highest BCUT2D eigenvalue weighted by Crippen LogP contribution is 2.27. The number of aromatic nitrogens is 5. The summed E-state index contributed by atoms with van der Waals surface area (Å²) in [7, 11) is 0. The molecule has 0 saturated carbocycles. The number of nitrogens with zero attached hydrogens (tertiary/aromatic N) is 4. The third-order valence-corrected chi connectivity index (χ3v) is 4.51. The van der Waals surface area contributed by atoms with Gasteiger partial charge in [0, 0.05) is 5.56 Å². The number of aromatic amines is 1. The highest BCUT2D eigenvalue weighted by Gasteiger charge is 2.16. The second-order valence-corrected chi connectivity index (χ2v) is 6.27. The maximum absolute atomic E-state index is 13.2. The Kier molecular flexibility index (Phi) is 3.85. The molecule has 0 atom stereocenters. The van der Waals surface area contributed by atoms with Gasteiger partial charge in [-0.15, -0.1) is 0 Å². The number of rotatable bonds is 4. The molecule has 0 bridgehead atoms. The molecule has 1 aromatic carbocycles. The molecule has 4 rings (SSSR count). The van der Waals surface area contributed by atoms with E-state index in [-0.39, 0.29) is 11.5 Å². The van der Waals surface area contributed by atoms with E-state index >= 15 is 0 Å². The highest BCUT2D eigenvalue weighted by atomic mass is 32.2. The first-order chi connectivity index (χ1) is 12.1. The predicted octanol–water partition coefficient (Wildman–Crippen LogP) is 2.81. The van der Waals surface area contributed by atoms with E-state index in [2.05, 4.69) is 20.1 Å². The summed E-state index contributed by atoms with van der Waals surface area (Å²) in [6, 6.07) is 6.02. The van der Waals surface area contributed by atoms with Crippen LogP contribution in [0.1, 0.15) is 11.5 Å². The molecule has 0 aliphatic heterocycles. The zero-order chi connectivity index (χ0) is 17.4. The van der Waals surface area contributed by atoms with Crippen LogP contribution in [0.2, 0.25) is 0 Å². The van der Waals surface area contributed by atoms with Gasteiger partial charge in [-0.2, -0.15) is 9.61 Å². The van der Waals surface area contributed by atoms with Crippen LogP contribution in [0.25, 0.3) is 16.8 Å². The lowest BCUT2D eigenvalue weighted by Crippen LogP contribution is -2.19. The van der Waals surface area contributed by atoms with Crippen LogP contribution >= 0.6 is 11.8 Å². The molecule has 3 heterocycles. The Bertz CT molecular complexity index is 1090. The van der Waals surface area contributed by atoms with E-state index in [0.29, 0.717) is 33.6 Å². The van der Waals surface area contributed by atoms with Crippen molar-refractivity contribution in [1.29, 1.82) is 0 Å². The summed E-state index contributed by atoms with van der Waals surface area (Å²) < 4.78 is 19.6. The van der Waals surface area contributed by atoms with E-state index in [1.165, 1.54) is 34.8 Å². The molecule has 0 amide bonds. The largest absolute Gasteiger partial charge is 0.448 e. The number of benzene rings is 1. The Morgan fingerprint density at radius 2 is 2.12 bits per heavy atom. The molecule has 3 aromatic heterocycles. The minimum absolute atomic E-state index is 0.327. The van der Waals surface area contributed by atoms with Crippen molar-refractivity contribution in [3.8, 4) is 11.1 Å². The summed E-state index contributed by atoms with van der Waals surface area (Å²) in [5, 5.41) is 4.68. The van der Waals surface area contributed by atoms with Gasteiger partial charge in [-0.3, -0.25) is 4.98 Å². The Morgan fingerprint density at radius 1 is 1.32 bits per heavy atom. The average molecular weight is 357 g/mol. The molecule has 7 nitrogen and oxygen atoms in total. The van der Waals surface area contributed by atoms with E-state index in [1.807, 2.05) is 0 Å². The van der Waals surface area contributed by atoms with Crippen LogP contribution in [0.3, 0.4) is 0 Å². The first-order valence-electron chi connectivity index (χ1n) is 7.37. The summed E-state index contributed by atoms with van der Waals surface area (Å²) in [5.74, 6) is 0.834. The monoisotopic (exact) mass is 357 g/mol. The molecule has 0 aliphatic rings. The van der Waals surface area contributed by atoms with Crippen molar-refractivity contribution in [2.24, 2.45) is 0 Å². The molecule has 1 N–H and O–H groups in total. The molecule has 9 heteroatoms. The van der Waals surface area contributed by atoms with Crippen molar-refractivity contribution in [3.63, 3.8) is 0 Å². The molecule has 0 spiro atoms. The van der Waals surface area contributed by atoms with Crippen LogP contribution in [0.4, 0.5) is 4.39 Å². The quantitative estimate of drug-likeness (QED) is 0.565. The Labute approximate surface area is 144 Å². The van der Waals surface area contributed by atoms with Gasteiger partial charge >= 0.3 is 5.69 Å². The molecule has 0 aliphatic carbocycles. The smallest absolute Gasteiger partial charge is 0.350 e. The standard InChI is InChI=1S/C16H12FN5O2S/c1-9-13(10-2-4-11(17)5-3-10)14-19-15(20-16(23)22(14)21-9)25-7-12-6-18-8-24-12/h2-6,8H,7H2,1H3,(H,19,20,23). The molecule has 0 saturated heterocycles. The third-order valence-electron chi connectivity index (χ3n) is 3.62. The van der Waals surface area contributed by atoms with Gasteiger partial charge in [0.05, 0.1) is 17.6 Å². The summed E-state index contributed by atoms with van der Waals surface area (Å²) in [5.41, 5.74) is 2.13. The topological polar surface area (TPSA) is 89.1 Å². The molecular weight excluding hydrogens is 345 g/mol. The van der Waals surface area contributed by atoms with Crippen LogP contribution in [0.15, 0.2) is 51.2 Å². The second kappa shape index (κ2) is 6.17.